The molecule has 0 bridgehead atoms. The van der Waals surface area contributed by atoms with Crippen LogP contribution in [0.5, 0.6) is 0 Å². The minimum atomic E-state index is -0.355. The maximum absolute atomic E-state index is 12.8. The second kappa shape index (κ2) is 8.82. The molecular weight excluding hydrogens is 356 g/mol. The second-order valence-electron chi connectivity index (χ2n) is 7.04. The quantitative estimate of drug-likeness (QED) is 0.568. The van der Waals surface area contributed by atoms with Gasteiger partial charge in [-0.25, -0.2) is 4.98 Å². The largest absolute Gasteiger partial charge is 0.351 e. The van der Waals surface area contributed by atoms with Crippen LogP contribution in [0.25, 0.3) is 0 Å². The topological polar surface area (TPSA) is 93.1 Å². The average Bonchev–Trinajstić information content (AvgIpc) is 3.08. The van der Waals surface area contributed by atoms with Crippen molar-refractivity contribution in [2.24, 2.45) is 0 Å². The Morgan fingerprint density at radius 1 is 1.11 bits per heavy atom. The van der Waals surface area contributed by atoms with Gasteiger partial charge in [0.1, 0.15) is 5.69 Å². The highest BCUT2D eigenvalue weighted by molar-refractivity contribution is 6.04. The number of anilines is 1. The molecule has 0 spiro atoms. The number of aromatic nitrogens is 2. The maximum Gasteiger partial charge on any atom is 0.291 e. The molecule has 0 fully saturated rings. The Morgan fingerprint density at radius 3 is 2.54 bits per heavy atom. The molecule has 0 saturated heterocycles. The average molecular weight is 382 g/mol. The zero-order valence-electron chi connectivity index (χ0n) is 16.4. The molecule has 1 aromatic carbocycles. The summed E-state index contributed by atoms with van der Waals surface area (Å²) in [7, 11) is 0. The minimum absolute atomic E-state index is 0.0288. The molecule has 1 aliphatic heterocycles. The number of nitrogens with one attached hydrogen (secondary N) is 2. The fourth-order valence-electron chi connectivity index (χ4n) is 3.34. The number of benzene rings is 1. The number of carbonyl (C=O) groups is 3. The molecule has 0 unspecified atom stereocenters. The Hall–Kier alpha value is -2.96. The molecule has 28 heavy (non-hydrogen) atoms. The molecule has 7 nitrogen and oxygen atoms in total. The second-order valence-corrected chi connectivity index (χ2v) is 7.04. The smallest absolute Gasteiger partial charge is 0.291 e. The fraction of sp³-hybridized carbons (Fsp3) is 0.429. The predicted octanol–water partition coefficient (Wildman–Crippen LogP) is 3.20. The Morgan fingerprint density at radius 2 is 1.86 bits per heavy atom. The molecule has 0 saturated carbocycles. The molecule has 2 aromatic rings. The van der Waals surface area contributed by atoms with Crippen LogP contribution in [0.2, 0.25) is 0 Å². The molecule has 1 aliphatic rings. The molecule has 0 radical (unpaired) electrons. The van der Waals surface area contributed by atoms with Crippen molar-refractivity contribution < 1.29 is 14.4 Å². The van der Waals surface area contributed by atoms with E-state index in [-0.39, 0.29) is 23.4 Å². The van der Waals surface area contributed by atoms with Gasteiger partial charge in [-0.15, -0.1) is 0 Å². The Kier molecular flexibility index (Phi) is 6.23. The molecule has 2 N–H and O–H groups in total. The standard InChI is InChI=1S/C21H26N4O3/c1-3-4-12-22-20(27)18-17-7-5-6-13-25(17)19(24-18)21(28)23-16-10-8-15(9-11-16)14(2)26/h8-11H,3-7,12-13H2,1-2H3,(H,22,27)(H,23,28). The van der Waals surface area contributed by atoms with Crippen molar-refractivity contribution in [3.8, 4) is 0 Å². The van der Waals surface area contributed by atoms with Crippen LogP contribution in [0.3, 0.4) is 0 Å². The fourth-order valence-corrected chi connectivity index (χ4v) is 3.34. The van der Waals surface area contributed by atoms with Gasteiger partial charge in [-0.3, -0.25) is 14.4 Å². The number of ketones is 1. The van der Waals surface area contributed by atoms with Crippen LogP contribution >= 0.6 is 0 Å². The summed E-state index contributed by atoms with van der Waals surface area (Å²) in [5, 5.41) is 5.70. The van der Waals surface area contributed by atoms with Gasteiger partial charge in [-0.2, -0.15) is 0 Å². The zero-order chi connectivity index (χ0) is 20.1. The highest BCUT2D eigenvalue weighted by atomic mass is 16.2. The number of rotatable bonds is 7. The lowest BCUT2D eigenvalue weighted by Crippen LogP contribution is -2.26. The molecule has 2 amide bonds. The number of hydrogen-bond acceptors (Lipinski definition) is 4. The van der Waals surface area contributed by atoms with Gasteiger partial charge in [-0.1, -0.05) is 13.3 Å². The number of hydrogen-bond donors (Lipinski definition) is 2. The van der Waals surface area contributed by atoms with Crippen LogP contribution in [0.1, 0.15) is 76.7 Å². The van der Waals surface area contributed by atoms with Gasteiger partial charge in [0, 0.05) is 24.3 Å². The Labute approximate surface area is 164 Å². The highest BCUT2D eigenvalue weighted by Gasteiger charge is 2.27. The third-order valence-corrected chi connectivity index (χ3v) is 4.90. The molecule has 7 heteroatoms. The first-order chi connectivity index (χ1) is 13.5. The monoisotopic (exact) mass is 382 g/mol. The lowest BCUT2D eigenvalue weighted by atomic mass is 10.1. The zero-order valence-corrected chi connectivity index (χ0v) is 16.4. The number of fused-ring (bicyclic) bond motifs is 1. The highest BCUT2D eigenvalue weighted by Crippen LogP contribution is 2.22. The molecule has 3 rings (SSSR count). The summed E-state index contributed by atoms with van der Waals surface area (Å²) in [4.78, 5) is 41.1. The summed E-state index contributed by atoms with van der Waals surface area (Å²) in [6.07, 6.45) is 4.58. The minimum Gasteiger partial charge on any atom is -0.351 e. The molecule has 0 aliphatic carbocycles. The lowest BCUT2D eigenvalue weighted by Gasteiger charge is -2.17. The number of carbonyl (C=O) groups excluding carboxylic acids is 3. The third kappa shape index (κ3) is 4.30. The normalized spacial score (nSPS) is 12.9. The van der Waals surface area contributed by atoms with E-state index in [2.05, 4.69) is 22.5 Å². The van der Waals surface area contributed by atoms with Crippen molar-refractivity contribution in [2.45, 2.75) is 52.5 Å². The van der Waals surface area contributed by atoms with Crippen LogP contribution in [0.4, 0.5) is 5.69 Å². The van der Waals surface area contributed by atoms with Crippen molar-refractivity contribution in [1.82, 2.24) is 14.9 Å². The molecular formula is C21H26N4O3. The van der Waals surface area contributed by atoms with E-state index in [9.17, 15) is 14.4 Å². The number of unbranched alkanes of at least 4 members (excludes halogenated alkanes) is 1. The van der Waals surface area contributed by atoms with E-state index in [1.54, 1.807) is 24.3 Å². The first kappa shape index (κ1) is 19.8. The molecule has 0 atom stereocenters. The van der Waals surface area contributed by atoms with Crippen molar-refractivity contribution in [1.29, 1.82) is 0 Å². The van der Waals surface area contributed by atoms with Gasteiger partial charge >= 0.3 is 0 Å². The van der Waals surface area contributed by atoms with Gasteiger partial charge in [-0.05, 0) is 56.9 Å². The summed E-state index contributed by atoms with van der Waals surface area (Å²) in [5.41, 5.74) is 2.35. The summed E-state index contributed by atoms with van der Waals surface area (Å²) < 4.78 is 1.86. The van der Waals surface area contributed by atoms with Gasteiger partial charge in [0.05, 0.1) is 5.69 Å². The number of imidazole rings is 1. The van der Waals surface area contributed by atoms with E-state index >= 15 is 0 Å². The number of Topliss-reactive ketones (excluding diaryl/α,β-unsaturated/α-hetero) is 1. The van der Waals surface area contributed by atoms with E-state index in [4.69, 9.17) is 0 Å². The SMILES string of the molecule is CCCCNC(=O)c1nc(C(=O)Nc2ccc(C(C)=O)cc2)n2c1CCCC2. The van der Waals surface area contributed by atoms with E-state index in [1.807, 2.05) is 4.57 Å². The van der Waals surface area contributed by atoms with Gasteiger partial charge < -0.3 is 15.2 Å². The lowest BCUT2D eigenvalue weighted by molar-refractivity contribution is 0.0946. The predicted molar refractivity (Wildman–Crippen MR) is 107 cm³/mol. The van der Waals surface area contributed by atoms with E-state index in [1.165, 1.54) is 6.92 Å². The van der Waals surface area contributed by atoms with Crippen LogP contribution in [-0.2, 0) is 13.0 Å². The van der Waals surface area contributed by atoms with E-state index in [0.29, 0.717) is 30.0 Å². The van der Waals surface area contributed by atoms with Crippen LogP contribution in [0.15, 0.2) is 24.3 Å². The van der Waals surface area contributed by atoms with E-state index < -0.39 is 0 Å². The van der Waals surface area contributed by atoms with Crippen LogP contribution in [0, 0.1) is 0 Å². The molecule has 148 valence electrons. The van der Waals surface area contributed by atoms with E-state index in [0.717, 1.165) is 37.8 Å². The van der Waals surface area contributed by atoms with Crippen LogP contribution in [-0.4, -0.2) is 33.7 Å². The first-order valence-electron chi connectivity index (χ1n) is 9.81. The first-order valence-corrected chi connectivity index (χ1v) is 9.81. The van der Waals surface area contributed by atoms with Crippen LogP contribution < -0.4 is 10.6 Å². The number of amides is 2. The van der Waals surface area contributed by atoms with Crippen molar-refractivity contribution in [2.75, 3.05) is 11.9 Å². The number of nitrogens with zero attached hydrogens (tertiary/aromatic N) is 2. The molecule has 2 heterocycles. The summed E-state index contributed by atoms with van der Waals surface area (Å²) >= 11 is 0. The van der Waals surface area contributed by atoms with Gasteiger partial charge in [0.25, 0.3) is 11.8 Å². The van der Waals surface area contributed by atoms with Crippen molar-refractivity contribution in [3.63, 3.8) is 0 Å². The van der Waals surface area contributed by atoms with Gasteiger partial charge in [0.15, 0.2) is 11.6 Å². The maximum atomic E-state index is 12.8. The summed E-state index contributed by atoms with van der Waals surface area (Å²) in [5.74, 6) is -0.347. The summed E-state index contributed by atoms with van der Waals surface area (Å²) in [6.45, 7) is 4.84. The molecule has 1 aromatic heterocycles. The van der Waals surface area contributed by atoms with Crippen molar-refractivity contribution in [3.05, 3.63) is 47.0 Å². The Bertz CT molecular complexity index is 884. The third-order valence-electron chi connectivity index (χ3n) is 4.90. The Balaban J connectivity index is 1.81. The summed E-state index contributed by atoms with van der Waals surface area (Å²) in [6, 6.07) is 6.72. The van der Waals surface area contributed by atoms with Crippen molar-refractivity contribution >= 4 is 23.3 Å². The van der Waals surface area contributed by atoms with Gasteiger partial charge in [0.2, 0.25) is 0 Å².